The monoisotopic (exact) mass is 284 g/mol. The molecule has 1 aliphatic heterocycles. The quantitative estimate of drug-likeness (QED) is 0.922. The summed E-state index contributed by atoms with van der Waals surface area (Å²) in [5.41, 5.74) is 1.37. The molecule has 3 rings (SSSR count). The summed E-state index contributed by atoms with van der Waals surface area (Å²) in [5, 5.41) is 10.6. The number of nitrogens with zero attached hydrogens (tertiary/aromatic N) is 2. The molecule has 1 saturated heterocycles. The van der Waals surface area contributed by atoms with Crippen LogP contribution in [0.1, 0.15) is 36.0 Å². The Balaban J connectivity index is 1.99. The minimum atomic E-state index is -0.0704. The van der Waals surface area contributed by atoms with Crippen LogP contribution in [0.2, 0.25) is 0 Å². The zero-order chi connectivity index (χ0) is 14.7. The Bertz CT molecular complexity index is 636. The Morgan fingerprint density at radius 3 is 2.95 bits per heavy atom. The molecule has 1 unspecified atom stereocenters. The van der Waals surface area contributed by atoms with E-state index >= 15 is 0 Å². The summed E-state index contributed by atoms with van der Waals surface area (Å²) in [5.74, 6) is -0.0137. The Kier molecular flexibility index (Phi) is 4.15. The molecule has 0 saturated carbocycles. The number of likely N-dealkylation sites (tertiary alicyclic amines) is 1. The van der Waals surface area contributed by atoms with E-state index in [9.17, 15) is 9.90 Å². The molecule has 1 fully saturated rings. The van der Waals surface area contributed by atoms with Gasteiger partial charge in [-0.05, 0) is 25.0 Å². The number of aliphatic hydroxyl groups is 1. The third kappa shape index (κ3) is 2.76. The first-order valence-corrected chi connectivity index (χ1v) is 7.57. The first-order chi connectivity index (χ1) is 10.3. The number of carbonyl (C=O) groups is 1. The fourth-order valence-corrected chi connectivity index (χ4v) is 3.07. The van der Waals surface area contributed by atoms with Crippen LogP contribution in [0.3, 0.4) is 0 Å². The van der Waals surface area contributed by atoms with Gasteiger partial charge in [-0.1, -0.05) is 31.0 Å². The Labute approximate surface area is 124 Å². The molecule has 21 heavy (non-hydrogen) atoms. The highest BCUT2D eigenvalue weighted by Gasteiger charge is 2.26. The maximum Gasteiger partial charge on any atom is 0.256 e. The largest absolute Gasteiger partial charge is 0.394 e. The van der Waals surface area contributed by atoms with Crippen LogP contribution in [0.15, 0.2) is 36.5 Å². The second-order valence-electron chi connectivity index (χ2n) is 5.56. The number of aromatic nitrogens is 1. The number of aliphatic hydroxyl groups excluding tert-OH is 1. The zero-order valence-corrected chi connectivity index (χ0v) is 12.0. The molecular weight excluding hydrogens is 264 g/mol. The number of hydrogen-bond donors (Lipinski definition) is 1. The van der Waals surface area contributed by atoms with E-state index in [-0.39, 0.29) is 18.6 Å². The number of amides is 1. The Hall–Kier alpha value is -1.94. The number of rotatable bonds is 2. The lowest BCUT2D eigenvalue weighted by Crippen LogP contribution is -2.42. The number of pyridine rings is 1. The standard InChI is InChI=1S/C17H20N2O2/c20-12-14-8-2-1-3-11-19(14)17(21)15-9-4-6-13-7-5-10-18-16(13)15/h4-7,9-10,14,20H,1-3,8,11-12H2. The van der Waals surface area contributed by atoms with Gasteiger partial charge in [0.15, 0.2) is 0 Å². The molecule has 4 heteroatoms. The smallest absolute Gasteiger partial charge is 0.256 e. The van der Waals surface area contributed by atoms with Crippen molar-refractivity contribution < 1.29 is 9.90 Å². The van der Waals surface area contributed by atoms with Crippen molar-refractivity contribution >= 4 is 16.8 Å². The van der Waals surface area contributed by atoms with Crippen LogP contribution in [0.4, 0.5) is 0 Å². The summed E-state index contributed by atoms with van der Waals surface area (Å²) in [6.07, 6.45) is 5.78. The number of para-hydroxylation sites is 1. The topological polar surface area (TPSA) is 53.4 Å². The Morgan fingerprint density at radius 2 is 2.10 bits per heavy atom. The van der Waals surface area contributed by atoms with Gasteiger partial charge in [0, 0.05) is 18.1 Å². The zero-order valence-electron chi connectivity index (χ0n) is 12.0. The molecule has 4 nitrogen and oxygen atoms in total. The molecule has 1 N–H and O–H groups in total. The molecule has 0 radical (unpaired) electrons. The van der Waals surface area contributed by atoms with Crippen LogP contribution in [0, 0.1) is 0 Å². The van der Waals surface area contributed by atoms with E-state index in [4.69, 9.17) is 0 Å². The highest BCUT2D eigenvalue weighted by atomic mass is 16.3. The lowest BCUT2D eigenvalue weighted by Gasteiger charge is -2.29. The van der Waals surface area contributed by atoms with E-state index in [1.54, 1.807) is 6.20 Å². The normalized spacial score (nSPS) is 19.5. The highest BCUT2D eigenvalue weighted by Crippen LogP contribution is 2.22. The van der Waals surface area contributed by atoms with Gasteiger partial charge >= 0.3 is 0 Å². The summed E-state index contributed by atoms with van der Waals surface area (Å²) in [7, 11) is 0. The number of benzene rings is 1. The van der Waals surface area contributed by atoms with Gasteiger partial charge < -0.3 is 10.0 Å². The average Bonchev–Trinajstić information content (AvgIpc) is 2.79. The van der Waals surface area contributed by atoms with Gasteiger partial charge in [0.05, 0.1) is 23.7 Å². The van der Waals surface area contributed by atoms with E-state index in [2.05, 4.69) is 4.98 Å². The molecule has 1 atom stereocenters. The van der Waals surface area contributed by atoms with Crippen molar-refractivity contribution in [3.63, 3.8) is 0 Å². The van der Waals surface area contributed by atoms with Gasteiger partial charge in [-0.3, -0.25) is 9.78 Å². The molecule has 110 valence electrons. The lowest BCUT2D eigenvalue weighted by molar-refractivity contribution is 0.0601. The van der Waals surface area contributed by atoms with E-state index in [1.807, 2.05) is 35.2 Å². The molecule has 1 aliphatic rings. The van der Waals surface area contributed by atoms with Gasteiger partial charge in [0.1, 0.15) is 0 Å². The Morgan fingerprint density at radius 1 is 1.24 bits per heavy atom. The van der Waals surface area contributed by atoms with Gasteiger partial charge in [-0.2, -0.15) is 0 Å². The number of fused-ring (bicyclic) bond motifs is 1. The third-order valence-corrected chi connectivity index (χ3v) is 4.21. The summed E-state index contributed by atoms with van der Waals surface area (Å²) in [4.78, 5) is 19.1. The van der Waals surface area contributed by atoms with E-state index in [0.29, 0.717) is 12.1 Å². The maximum absolute atomic E-state index is 12.9. The fourth-order valence-electron chi connectivity index (χ4n) is 3.07. The average molecular weight is 284 g/mol. The highest BCUT2D eigenvalue weighted by molar-refractivity contribution is 6.05. The van der Waals surface area contributed by atoms with Crippen LogP contribution < -0.4 is 0 Å². The van der Waals surface area contributed by atoms with Crippen molar-refractivity contribution in [3.05, 3.63) is 42.1 Å². The van der Waals surface area contributed by atoms with Crippen molar-refractivity contribution in [1.82, 2.24) is 9.88 Å². The molecule has 0 aliphatic carbocycles. The summed E-state index contributed by atoms with van der Waals surface area (Å²) < 4.78 is 0. The van der Waals surface area contributed by atoms with Crippen molar-refractivity contribution in [2.24, 2.45) is 0 Å². The molecule has 2 heterocycles. The second kappa shape index (κ2) is 6.22. The van der Waals surface area contributed by atoms with Crippen LogP contribution in [0.25, 0.3) is 10.9 Å². The van der Waals surface area contributed by atoms with Gasteiger partial charge in [-0.15, -0.1) is 0 Å². The SMILES string of the molecule is O=C(c1cccc2cccnc12)N1CCCCCC1CO. The predicted octanol–water partition coefficient (Wildman–Crippen LogP) is 2.61. The fraction of sp³-hybridized carbons (Fsp3) is 0.412. The maximum atomic E-state index is 12.9. The van der Waals surface area contributed by atoms with Gasteiger partial charge in [0.25, 0.3) is 5.91 Å². The number of carbonyl (C=O) groups excluding carboxylic acids is 1. The summed E-state index contributed by atoms with van der Waals surface area (Å²) >= 11 is 0. The predicted molar refractivity (Wildman–Crippen MR) is 82.1 cm³/mol. The van der Waals surface area contributed by atoms with Crippen LogP contribution in [-0.4, -0.2) is 40.1 Å². The molecule has 2 aromatic rings. The summed E-state index contributed by atoms with van der Waals surface area (Å²) in [6, 6.07) is 9.45. The van der Waals surface area contributed by atoms with Gasteiger partial charge in [-0.25, -0.2) is 0 Å². The summed E-state index contributed by atoms with van der Waals surface area (Å²) in [6.45, 7) is 0.747. The minimum absolute atomic E-state index is 0.0137. The van der Waals surface area contributed by atoms with E-state index in [0.717, 1.165) is 36.6 Å². The molecule has 0 spiro atoms. The van der Waals surface area contributed by atoms with E-state index in [1.165, 1.54) is 0 Å². The van der Waals surface area contributed by atoms with Crippen LogP contribution >= 0.6 is 0 Å². The molecular formula is C17H20N2O2. The van der Waals surface area contributed by atoms with Crippen molar-refractivity contribution in [3.8, 4) is 0 Å². The second-order valence-corrected chi connectivity index (χ2v) is 5.56. The molecule has 1 aromatic heterocycles. The van der Waals surface area contributed by atoms with E-state index < -0.39 is 0 Å². The van der Waals surface area contributed by atoms with Gasteiger partial charge in [0.2, 0.25) is 0 Å². The van der Waals surface area contributed by atoms with Crippen molar-refractivity contribution in [2.75, 3.05) is 13.2 Å². The third-order valence-electron chi connectivity index (χ3n) is 4.21. The van der Waals surface area contributed by atoms with Crippen LogP contribution in [-0.2, 0) is 0 Å². The first kappa shape index (κ1) is 14.0. The first-order valence-electron chi connectivity index (χ1n) is 7.57. The van der Waals surface area contributed by atoms with Crippen molar-refractivity contribution in [2.45, 2.75) is 31.7 Å². The minimum Gasteiger partial charge on any atom is -0.394 e. The van der Waals surface area contributed by atoms with Crippen molar-refractivity contribution in [1.29, 1.82) is 0 Å². The molecule has 1 amide bonds. The lowest BCUT2D eigenvalue weighted by atomic mass is 10.1. The van der Waals surface area contributed by atoms with Crippen LogP contribution in [0.5, 0.6) is 0 Å². The molecule has 1 aromatic carbocycles. The number of hydrogen-bond acceptors (Lipinski definition) is 3. The molecule has 0 bridgehead atoms.